The average Bonchev–Trinajstić information content (AvgIpc) is 1.53. The summed E-state index contributed by atoms with van der Waals surface area (Å²) in [7, 11) is 0. The van der Waals surface area contributed by atoms with Gasteiger partial charge in [-0.1, -0.05) is 136 Å². The monoisotopic (exact) mass is 1590 g/mol. The van der Waals surface area contributed by atoms with E-state index in [1.54, 1.807) is 34.6 Å². The molecule has 0 aliphatic heterocycles. The summed E-state index contributed by atoms with van der Waals surface area (Å²) in [5.41, 5.74) is -4.52. The Balaban J connectivity index is 0.000000608. The fourth-order valence-corrected chi connectivity index (χ4v) is 16.7. The molecular weight excluding hydrogens is 1490 g/mol. The Labute approximate surface area is 591 Å². The Morgan fingerprint density at radius 2 is 0.625 bits per heavy atom. The third-order valence-electron chi connectivity index (χ3n) is 23.2. The molecule has 8 fully saturated rings. The average molecular weight is 1600 g/mol. The van der Waals surface area contributed by atoms with E-state index in [0.29, 0.717) is 32.1 Å². The summed E-state index contributed by atoms with van der Waals surface area (Å²) in [6, 6.07) is 0. The van der Waals surface area contributed by atoms with Crippen molar-refractivity contribution >= 4 is 0 Å². The molecule has 8 aliphatic rings. The van der Waals surface area contributed by atoms with E-state index in [9.17, 15) is 149 Å². The molecule has 0 N–H and O–H groups in total. The molecule has 0 heterocycles. The molecule has 8 aliphatic carbocycles. The van der Waals surface area contributed by atoms with Gasteiger partial charge in [0.15, 0.2) is 0 Å². The number of hydrogen-bond donors (Lipinski definition) is 0. The van der Waals surface area contributed by atoms with Crippen molar-refractivity contribution in [3.05, 3.63) is 0 Å². The van der Waals surface area contributed by atoms with Gasteiger partial charge in [-0.2, -0.15) is 123 Å². The summed E-state index contributed by atoms with van der Waals surface area (Å²) in [6.45, 7) is 23.2. The van der Waals surface area contributed by atoms with Gasteiger partial charge in [-0.05, 0) is 148 Å². The van der Waals surface area contributed by atoms with E-state index in [1.165, 1.54) is 41.5 Å². The molecule has 0 aromatic carbocycles. The van der Waals surface area contributed by atoms with E-state index < -0.39 is 198 Å². The highest BCUT2D eigenvalue weighted by atomic mass is 19.4. The maximum Gasteiger partial charge on any atom is 0.392 e. The van der Waals surface area contributed by atoms with Crippen LogP contribution in [0.15, 0.2) is 0 Å². The maximum atomic E-state index is 12.9. The first kappa shape index (κ1) is 95.8. The summed E-state index contributed by atoms with van der Waals surface area (Å²) in [5.74, 6) is -39.2. The Bertz CT molecular complexity index is 2470. The number of halogens is 34. The van der Waals surface area contributed by atoms with Gasteiger partial charge in [-0.25, -0.2) is 26.3 Å². The van der Waals surface area contributed by atoms with Gasteiger partial charge in [0.25, 0.3) is 5.92 Å². The summed E-state index contributed by atoms with van der Waals surface area (Å²) in [4.78, 5) is 0. The quantitative estimate of drug-likeness (QED) is 0.212. The SMILES string of the molecule is CC1C(C)C(C(F)(F)F)C(C)C1C(F)(F)F.CC1C(F)C(C)C(F)C1F.CC1CC(C(F)(F)F)C[C@@H](C)C1.CC1CCCC(C(F)(F)F)[C@@H]1C.CC1C[C@H](C)CC(C(F)(F)F)C1C(F)(F)F.C[C@H]1C(F)(F)C(C)(F)C(F)(F)C1(F)F.[2H][C@@]1(C)C(C)CCCC1C(F)(F)F.[2H][C@]1(C)CC(C)CC(C(F)(F)F)C1. The van der Waals surface area contributed by atoms with E-state index in [2.05, 4.69) is 0 Å². The molecule has 8 saturated carbocycles. The van der Waals surface area contributed by atoms with Gasteiger partial charge >= 0.3 is 61.3 Å². The second kappa shape index (κ2) is 36.8. The predicted octanol–water partition coefficient (Wildman–Crippen LogP) is 28.7. The summed E-state index contributed by atoms with van der Waals surface area (Å²) < 4.78 is 442. The number of rotatable bonds is 0. The third-order valence-corrected chi connectivity index (χ3v) is 23.2. The van der Waals surface area contributed by atoms with E-state index in [0.717, 1.165) is 32.6 Å². The third kappa shape index (κ3) is 26.1. The van der Waals surface area contributed by atoms with Crippen LogP contribution < -0.4 is 0 Å². The normalized spacial score (nSPS) is 42.7. The van der Waals surface area contributed by atoms with Crippen LogP contribution in [0.4, 0.5) is 149 Å². The Morgan fingerprint density at radius 3 is 0.885 bits per heavy atom. The van der Waals surface area contributed by atoms with Gasteiger partial charge < -0.3 is 0 Å². The highest BCUT2D eigenvalue weighted by Gasteiger charge is 2.88. The van der Waals surface area contributed by atoms with Gasteiger partial charge in [-0.3, -0.25) is 0 Å². The fraction of sp³-hybridized carbons (Fsp3) is 1.00. The zero-order valence-corrected chi connectivity index (χ0v) is 61.2. The zero-order chi connectivity index (χ0) is 84.3. The van der Waals surface area contributed by atoms with Crippen molar-refractivity contribution in [3.8, 4) is 0 Å². The Morgan fingerprint density at radius 1 is 0.288 bits per heavy atom. The van der Waals surface area contributed by atoms with Gasteiger partial charge in [0.1, 0.15) is 18.5 Å². The van der Waals surface area contributed by atoms with Crippen LogP contribution in [0.3, 0.4) is 0 Å². The molecule has 0 saturated heterocycles. The molecule has 624 valence electrons. The van der Waals surface area contributed by atoms with E-state index in [4.69, 9.17) is 2.74 Å². The van der Waals surface area contributed by atoms with Crippen LogP contribution >= 0.6 is 0 Å². The maximum absolute atomic E-state index is 12.9. The van der Waals surface area contributed by atoms with Crippen LogP contribution in [0, 0.1) is 142 Å². The minimum absolute atomic E-state index is 0.0166. The van der Waals surface area contributed by atoms with E-state index >= 15 is 0 Å². The van der Waals surface area contributed by atoms with Crippen molar-refractivity contribution in [2.24, 2.45) is 142 Å². The van der Waals surface area contributed by atoms with Crippen LogP contribution in [0.25, 0.3) is 0 Å². The lowest BCUT2D eigenvalue weighted by atomic mass is 9.68. The fourth-order valence-electron chi connectivity index (χ4n) is 16.7. The molecule has 34 heteroatoms. The molecule has 26 atom stereocenters. The van der Waals surface area contributed by atoms with Gasteiger partial charge in [0, 0.05) is 14.6 Å². The van der Waals surface area contributed by atoms with Gasteiger partial charge in [0.05, 0.1) is 53.3 Å². The predicted molar refractivity (Wildman–Crippen MR) is 327 cm³/mol. The summed E-state index contributed by atoms with van der Waals surface area (Å²) in [5, 5.41) is 0. The highest BCUT2D eigenvalue weighted by Crippen LogP contribution is 2.65. The lowest BCUT2D eigenvalue weighted by Gasteiger charge is -2.41. The Hall–Kier alpha value is -2.38. The molecule has 0 radical (unpaired) electrons. The molecule has 8 rings (SSSR count). The van der Waals surface area contributed by atoms with E-state index in [-0.39, 0.29) is 81.0 Å². The first-order valence-electron chi connectivity index (χ1n) is 36.0. The molecule has 20 unspecified atom stereocenters. The molecule has 0 spiro atoms. The smallest absolute Gasteiger partial charge is 0.247 e. The topological polar surface area (TPSA) is 0 Å². The molecule has 0 amide bonds. The van der Waals surface area contributed by atoms with Crippen molar-refractivity contribution in [1.29, 1.82) is 0 Å². The highest BCUT2D eigenvalue weighted by molar-refractivity contribution is 5.19. The molecule has 0 aromatic rings. The minimum Gasteiger partial charge on any atom is -0.247 e. The standard InChI is InChI=1S/2C10H14F6.4C9H15F3.C7H7F7.C7H11F3/c1-5-3-6(2)8(10(14,15)16)7(4-5)9(11,12)13;1-4-5(2)8(10(14,15)16)6(3)7(4)9(11,12)13;2*1-6-3-7(2)5-8(4-6)9(10,11)12;2*1-6-4-3-5-8(7(6)2)9(10,11)12;1-3-5(9,10)4(2,8)7(13,14)6(3,11)12;1-3-5(8)4(2)7(10)6(3)9/h5-8H,3-4H2,1-2H3;4-8H,1-3H3;4*6-8H,3-5H2,1-2H3;3H,1-2H3;3-7H,1-2H3/t5-,6?,7?,8?;;2*6-,7?,8?;2*6?,7-,8?;3-,4?;/m0.00110./s1/i;;6D;;7D;;;. The first-order valence-corrected chi connectivity index (χ1v) is 35.0. The number of alkyl halides is 34. The molecule has 0 aromatic heterocycles. The van der Waals surface area contributed by atoms with E-state index in [1.807, 2.05) is 20.8 Å². The molecule has 104 heavy (non-hydrogen) atoms. The van der Waals surface area contributed by atoms with Crippen molar-refractivity contribution in [2.75, 3.05) is 0 Å². The van der Waals surface area contributed by atoms with Crippen LogP contribution in [-0.4, -0.2) is 91.4 Å². The summed E-state index contributed by atoms with van der Waals surface area (Å²) in [6.07, 6.45) is -33.8. The first-order chi connectivity index (χ1) is 46.8. The molecular formula is C70H106F34. The van der Waals surface area contributed by atoms with Crippen LogP contribution in [0.2, 0.25) is 0 Å². The number of hydrogen-bond acceptors (Lipinski definition) is 0. The second-order valence-corrected chi connectivity index (χ2v) is 31.8. The second-order valence-electron chi connectivity index (χ2n) is 31.8. The van der Waals surface area contributed by atoms with Crippen LogP contribution in [0.5, 0.6) is 0 Å². The lowest BCUT2D eigenvalue weighted by Crippen LogP contribution is -2.52. The summed E-state index contributed by atoms with van der Waals surface area (Å²) >= 11 is 0. The lowest BCUT2D eigenvalue weighted by molar-refractivity contribution is -0.276. The largest absolute Gasteiger partial charge is 0.392 e. The van der Waals surface area contributed by atoms with Crippen molar-refractivity contribution < 1.29 is 152 Å². The van der Waals surface area contributed by atoms with Gasteiger partial charge in [-0.15, -0.1) is 0 Å². The zero-order valence-electron chi connectivity index (χ0n) is 63.2. The van der Waals surface area contributed by atoms with Crippen LogP contribution in [-0.2, 0) is 0 Å². The van der Waals surface area contributed by atoms with Crippen molar-refractivity contribution in [2.45, 2.75) is 299 Å². The van der Waals surface area contributed by atoms with Crippen molar-refractivity contribution in [3.63, 3.8) is 0 Å². The van der Waals surface area contributed by atoms with Gasteiger partial charge in [0.2, 0.25) is 5.67 Å². The Kier molecular flexibility index (Phi) is 33.9. The molecule has 0 bridgehead atoms. The molecule has 0 nitrogen and oxygen atoms in total. The van der Waals surface area contributed by atoms with Crippen molar-refractivity contribution in [1.82, 2.24) is 0 Å². The minimum atomic E-state index is -5.36. The van der Waals surface area contributed by atoms with Crippen LogP contribution in [0.1, 0.15) is 210 Å².